The summed E-state index contributed by atoms with van der Waals surface area (Å²) < 4.78 is 38.8. The van der Waals surface area contributed by atoms with Crippen molar-refractivity contribution in [1.82, 2.24) is 0 Å². The number of hydrogen-bond donors (Lipinski definition) is 1. The molecule has 2 rings (SSSR count). The van der Waals surface area contributed by atoms with Crippen LogP contribution in [-0.4, -0.2) is 18.0 Å². The first-order valence-corrected chi connectivity index (χ1v) is 6.54. The van der Waals surface area contributed by atoms with Crippen LogP contribution in [0.15, 0.2) is 53.6 Å². The Morgan fingerprint density at radius 1 is 1.24 bits per heavy atom. The molecule has 0 spiro atoms. The molecule has 21 heavy (non-hydrogen) atoms. The molecule has 0 saturated heterocycles. The average molecular weight is 294 g/mol. The first-order chi connectivity index (χ1) is 9.89. The van der Waals surface area contributed by atoms with Gasteiger partial charge in [-0.3, -0.25) is 4.79 Å². The van der Waals surface area contributed by atoms with Crippen molar-refractivity contribution >= 4 is 5.78 Å². The zero-order valence-corrected chi connectivity index (χ0v) is 11.2. The smallest absolute Gasteiger partial charge is 0.321 e. The zero-order valence-electron chi connectivity index (χ0n) is 11.2. The summed E-state index contributed by atoms with van der Waals surface area (Å²) in [6.07, 6.45) is -0.403. The fourth-order valence-electron chi connectivity index (χ4n) is 2.22. The van der Waals surface area contributed by atoms with Crippen molar-refractivity contribution in [1.29, 1.82) is 0 Å². The van der Waals surface area contributed by atoms with E-state index < -0.39 is 23.6 Å². The highest BCUT2D eigenvalue weighted by Crippen LogP contribution is 2.34. The second-order valence-corrected chi connectivity index (χ2v) is 4.83. The van der Waals surface area contributed by atoms with E-state index in [-0.39, 0.29) is 18.4 Å². The van der Waals surface area contributed by atoms with Crippen molar-refractivity contribution in [3.05, 3.63) is 65.6 Å². The number of nitrogens with two attached hydrogens (primary N) is 1. The van der Waals surface area contributed by atoms with Crippen molar-refractivity contribution in [2.24, 2.45) is 5.73 Å². The molecule has 2 nitrogen and oxygen atoms in total. The molecule has 1 aromatic carbocycles. The molecule has 0 amide bonds. The molecule has 1 aliphatic rings. The highest BCUT2D eigenvalue weighted by Gasteiger charge is 2.38. The molecule has 1 aliphatic carbocycles. The largest absolute Gasteiger partial charge is 0.413 e. The van der Waals surface area contributed by atoms with E-state index >= 15 is 0 Å². The molecule has 0 aliphatic heterocycles. The number of halogens is 3. The van der Waals surface area contributed by atoms with Crippen molar-refractivity contribution in [3.63, 3.8) is 0 Å². The molecule has 1 radical (unpaired) electrons. The maximum absolute atomic E-state index is 12.9. The fraction of sp³-hybridized carbons (Fsp3) is 0.250. The Kier molecular flexibility index (Phi) is 4.63. The lowest BCUT2D eigenvalue weighted by Gasteiger charge is -2.20. The molecular formula is C16H15F3NO. The quantitative estimate of drug-likeness (QED) is 0.927. The van der Waals surface area contributed by atoms with Crippen molar-refractivity contribution in [2.45, 2.75) is 25.1 Å². The monoisotopic (exact) mass is 294 g/mol. The van der Waals surface area contributed by atoms with Gasteiger partial charge in [-0.05, 0) is 18.4 Å². The Balaban J connectivity index is 2.21. The predicted octanol–water partition coefficient (Wildman–Crippen LogP) is 3.15. The first kappa shape index (κ1) is 15.5. The van der Waals surface area contributed by atoms with Gasteiger partial charge in [0.05, 0.1) is 6.04 Å². The highest BCUT2D eigenvalue weighted by atomic mass is 19.4. The van der Waals surface area contributed by atoms with Gasteiger partial charge in [-0.15, -0.1) is 0 Å². The number of carbonyl (C=O) groups is 1. The van der Waals surface area contributed by atoms with Gasteiger partial charge in [0.2, 0.25) is 0 Å². The van der Waals surface area contributed by atoms with E-state index in [0.717, 1.165) is 12.0 Å². The normalized spacial score (nSPS) is 17.0. The van der Waals surface area contributed by atoms with Crippen LogP contribution in [-0.2, 0) is 11.2 Å². The minimum Gasteiger partial charge on any atom is -0.321 e. The van der Waals surface area contributed by atoms with E-state index in [2.05, 4.69) is 0 Å². The van der Waals surface area contributed by atoms with E-state index in [4.69, 9.17) is 5.73 Å². The van der Waals surface area contributed by atoms with Gasteiger partial charge in [0.15, 0.2) is 5.78 Å². The summed E-state index contributed by atoms with van der Waals surface area (Å²) >= 11 is 0. The van der Waals surface area contributed by atoms with Gasteiger partial charge in [0, 0.05) is 17.6 Å². The third kappa shape index (κ3) is 3.82. The molecule has 0 fully saturated rings. The molecule has 111 valence electrons. The number of Topliss-reactive ketones (excluding diaryl/α,β-unsaturated/α-hetero) is 1. The van der Waals surface area contributed by atoms with Gasteiger partial charge in [0.25, 0.3) is 0 Å². The maximum atomic E-state index is 12.9. The summed E-state index contributed by atoms with van der Waals surface area (Å²) in [6, 6.07) is 7.99. The zero-order chi connectivity index (χ0) is 15.5. The molecule has 1 aromatic rings. The second-order valence-electron chi connectivity index (χ2n) is 4.83. The van der Waals surface area contributed by atoms with Crippen molar-refractivity contribution in [2.75, 3.05) is 0 Å². The summed E-state index contributed by atoms with van der Waals surface area (Å²) in [5, 5.41) is 0. The summed E-state index contributed by atoms with van der Waals surface area (Å²) in [4.78, 5) is 12.2. The third-order valence-electron chi connectivity index (χ3n) is 3.24. The number of carbonyl (C=O) groups excluding carboxylic acids is 1. The van der Waals surface area contributed by atoms with Crippen LogP contribution in [0.3, 0.4) is 0 Å². The maximum Gasteiger partial charge on any atom is 0.413 e. The number of hydrogen-bond acceptors (Lipinski definition) is 2. The molecular weight excluding hydrogens is 279 g/mol. The van der Waals surface area contributed by atoms with Gasteiger partial charge in [0.1, 0.15) is 0 Å². The van der Waals surface area contributed by atoms with Crippen LogP contribution in [0.4, 0.5) is 13.2 Å². The molecule has 0 unspecified atom stereocenters. The SMILES string of the molecule is N[C@@H](Cc1ccccc1)C(=O)C1=C(C(F)(F)F)[CH]CC=C1. The standard InChI is InChI=1S/C16H15F3NO/c17-16(18,19)13-9-5-4-8-12(13)15(21)14(20)10-11-6-2-1-3-7-11/h1-4,6-9,14H,5,10,20H2/t14-/m0/s1. The molecule has 5 heteroatoms. The lowest BCUT2D eigenvalue weighted by molar-refractivity contribution is -0.118. The number of rotatable bonds is 4. The minimum atomic E-state index is -4.54. The lowest BCUT2D eigenvalue weighted by Crippen LogP contribution is -2.35. The van der Waals surface area contributed by atoms with Crippen LogP contribution in [0.1, 0.15) is 12.0 Å². The Morgan fingerprint density at radius 3 is 2.52 bits per heavy atom. The third-order valence-corrected chi connectivity index (χ3v) is 3.24. The number of allylic oxidation sites excluding steroid dienone is 3. The highest BCUT2D eigenvalue weighted by molar-refractivity contribution is 6.03. The van der Waals surface area contributed by atoms with E-state index in [9.17, 15) is 18.0 Å². The van der Waals surface area contributed by atoms with Crippen molar-refractivity contribution < 1.29 is 18.0 Å². The van der Waals surface area contributed by atoms with Crippen LogP contribution in [0, 0.1) is 6.42 Å². The van der Waals surface area contributed by atoms with Gasteiger partial charge in [-0.2, -0.15) is 13.2 Å². The average Bonchev–Trinajstić information content (AvgIpc) is 2.46. The first-order valence-electron chi connectivity index (χ1n) is 6.54. The molecule has 2 N–H and O–H groups in total. The number of ketones is 1. The topological polar surface area (TPSA) is 43.1 Å². The second kappa shape index (κ2) is 6.26. The van der Waals surface area contributed by atoms with Gasteiger partial charge >= 0.3 is 6.18 Å². The number of benzene rings is 1. The summed E-state index contributed by atoms with van der Waals surface area (Å²) in [7, 11) is 0. The van der Waals surface area contributed by atoms with E-state index in [1.165, 1.54) is 12.2 Å². The van der Waals surface area contributed by atoms with Crippen LogP contribution in [0.5, 0.6) is 0 Å². The van der Waals surface area contributed by atoms with Gasteiger partial charge in [-0.25, -0.2) is 0 Å². The summed E-state index contributed by atoms with van der Waals surface area (Å²) in [5.41, 5.74) is 5.36. The van der Waals surface area contributed by atoms with E-state index in [1.807, 2.05) is 6.07 Å². The van der Waals surface area contributed by atoms with Crippen LogP contribution in [0.2, 0.25) is 0 Å². The molecule has 0 aromatic heterocycles. The van der Waals surface area contributed by atoms with Gasteiger partial charge in [-0.1, -0.05) is 42.5 Å². The van der Waals surface area contributed by atoms with Crippen LogP contribution >= 0.6 is 0 Å². The van der Waals surface area contributed by atoms with E-state index in [1.54, 1.807) is 24.3 Å². The Labute approximate surface area is 121 Å². The van der Waals surface area contributed by atoms with Crippen molar-refractivity contribution in [3.8, 4) is 0 Å². The molecule has 1 atom stereocenters. The van der Waals surface area contributed by atoms with Gasteiger partial charge < -0.3 is 5.73 Å². The Bertz CT molecular complexity index is 573. The van der Waals surface area contributed by atoms with Crippen LogP contribution in [0.25, 0.3) is 0 Å². The minimum absolute atomic E-state index is 0.166. The fourth-order valence-corrected chi connectivity index (χ4v) is 2.22. The molecule has 0 bridgehead atoms. The molecule has 0 saturated carbocycles. The summed E-state index contributed by atoms with van der Waals surface area (Å²) in [6.45, 7) is 0. The van der Waals surface area contributed by atoms with Crippen LogP contribution < -0.4 is 5.73 Å². The predicted molar refractivity (Wildman–Crippen MR) is 74.3 cm³/mol. The molecule has 0 heterocycles. The Morgan fingerprint density at radius 2 is 1.90 bits per heavy atom. The lowest BCUT2D eigenvalue weighted by atomic mass is 9.90. The Hall–Kier alpha value is -1.88. The number of alkyl halides is 3. The summed E-state index contributed by atoms with van der Waals surface area (Å²) in [5.74, 6) is -0.682. The van der Waals surface area contributed by atoms with E-state index in [0.29, 0.717) is 0 Å².